The molecule has 35 heavy (non-hydrogen) atoms. The van der Waals surface area contributed by atoms with Gasteiger partial charge >= 0.3 is 0 Å². The third kappa shape index (κ3) is 4.31. The second-order valence-corrected chi connectivity index (χ2v) is 7.78. The maximum Gasteiger partial charge on any atom is 0.225 e. The van der Waals surface area contributed by atoms with Gasteiger partial charge in [0, 0.05) is 12.1 Å². The monoisotopic (exact) mass is 470 g/mol. The smallest absolute Gasteiger partial charge is 0.225 e. The molecular weight excluding hydrogens is 447 g/mol. The van der Waals surface area contributed by atoms with E-state index in [-0.39, 0.29) is 5.82 Å². The van der Waals surface area contributed by atoms with E-state index in [0.717, 1.165) is 11.1 Å². The highest BCUT2D eigenvalue weighted by Gasteiger charge is 2.20. The Morgan fingerprint density at radius 1 is 0.914 bits per heavy atom. The summed E-state index contributed by atoms with van der Waals surface area (Å²) in [5, 5.41) is 8.46. The zero-order chi connectivity index (χ0) is 24.4. The summed E-state index contributed by atoms with van der Waals surface area (Å²) in [5.41, 5.74) is 9.97. The second-order valence-electron chi connectivity index (χ2n) is 7.78. The van der Waals surface area contributed by atoms with Gasteiger partial charge in [-0.1, -0.05) is 30.3 Å². The lowest BCUT2D eigenvalue weighted by Gasteiger charge is -2.12. The Balaban J connectivity index is 1.66. The number of nitrogens with one attached hydrogen (secondary N) is 1. The number of ether oxygens (including phenoxy) is 2. The van der Waals surface area contributed by atoms with Crippen molar-refractivity contribution in [2.75, 3.05) is 25.3 Å². The van der Waals surface area contributed by atoms with Crippen molar-refractivity contribution < 1.29 is 13.9 Å². The molecule has 2 heterocycles. The maximum absolute atomic E-state index is 13.5. The normalized spacial score (nSPS) is 10.9. The highest BCUT2D eigenvalue weighted by molar-refractivity contribution is 5.99. The average molecular weight is 471 g/mol. The summed E-state index contributed by atoms with van der Waals surface area (Å²) >= 11 is 0. The predicted octanol–water partition coefficient (Wildman–Crippen LogP) is 4.83. The molecule has 0 atom stereocenters. The summed E-state index contributed by atoms with van der Waals surface area (Å²) in [4.78, 5) is 9.40. The number of anilines is 2. The first-order valence-corrected chi connectivity index (χ1v) is 10.9. The second kappa shape index (κ2) is 9.30. The molecule has 3 N–H and O–H groups in total. The van der Waals surface area contributed by atoms with E-state index in [4.69, 9.17) is 20.2 Å². The minimum atomic E-state index is -0.345. The molecule has 0 spiro atoms. The highest BCUT2D eigenvalue weighted by atomic mass is 19.1. The van der Waals surface area contributed by atoms with Gasteiger partial charge in [0.25, 0.3) is 0 Å². The molecule has 5 rings (SSSR count). The Bertz CT molecular complexity index is 1490. The van der Waals surface area contributed by atoms with Gasteiger partial charge in [-0.15, -0.1) is 5.10 Å². The third-order valence-electron chi connectivity index (χ3n) is 5.59. The van der Waals surface area contributed by atoms with Crippen molar-refractivity contribution in [3.8, 4) is 28.4 Å². The number of nitrogens with two attached hydrogens (primary N) is 1. The van der Waals surface area contributed by atoms with Gasteiger partial charge in [0.1, 0.15) is 11.6 Å². The van der Waals surface area contributed by atoms with Crippen LogP contribution in [0, 0.1) is 5.82 Å². The van der Waals surface area contributed by atoms with Gasteiger partial charge in [0.15, 0.2) is 17.1 Å². The number of nitrogen functional groups attached to an aromatic ring is 1. The van der Waals surface area contributed by atoms with Gasteiger partial charge in [0.2, 0.25) is 5.95 Å². The lowest BCUT2D eigenvalue weighted by molar-refractivity contribution is 0.355. The third-order valence-corrected chi connectivity index (χ3v) is 5.59. The zero-order valence-electron chi connectivity index (χ0n) is 19.2. The SMILES string of the molecule is COc1ccc(-c2nc(NCc3ccccc3)nc3nn(-c4ccc(F)cc4)c(N)c23)cc1OC. The number of hydrogen-bond acceptors (Lipinski definition) is 7. The largest absolute Gasteiger partial charge is 0.493 e. The van der Waals surface area contributed by atoms with E-state index in [1.165, 1.54) is 16.8 Å². The predicted molar refractivity (Wildman–Crippen MR) is 133 cm³/mol. The first-order valence-electron chi connectivity index (χ1n) is 10.9. The number of halogens is 1. The molecule has 0 bridgehead atoms. The molecule has 176 valence electrons. The molecule has 0 radical (unpaired) electrons. The van der Waals surface area contributed by atoms with Crippen LogP contribution in [0.2, 0.25) is 0 Å². The Morgan fingerprint density at radius 3 is 2.37 bits per heavy atom. The fourth-order valence-corrected chi connectivity index (χ4v) is 3.84. The van der Waals surface area contributed by atoms with Crippen LogP contribution in [0.1, 0.15) is 5.56 Å². The molecule has 9 heteroatoms. The van der Waals surface area contributed by atoms with Crippen molar-refractivity contribution in [1.29, 1.82) is 0 Å². The molecule has 0 aliphatic heterocycles. The Hall–Kier alpha value is -4.66. The van der Waals surface area contributed by atoms with Crippen LogP contribution in [0.5, 0.6) is 11.5 Å². The molecule has 8 nitrogen and oxygen atoms in total. The van der Waals surface area contributed by atoms with E-state index < -0.39 is 0 Å². The number of methoxy groups -OCH3 is 2. The van der Waals surface area contributed by atoms with Crippen molar-refractivity contribution in [2.24, 2.45) is 0 Å². The van der Waals surface area contributed by atoms with Crippen molar-refractivity contribution in [3.05, 3.63) is 84.2 Å². The van der Waals surface area contributed by atoms with Gasteiger partial charge < -0.3 is 20.5 Å². The van der Waals surface area contributed by atoms with Crippen molar-refractivity contribution in [2.45, 2.75) is 6.54 Å². The minimum absolute atomic E-state index is 0.339. The minimum Gasteiger partial charge on any atom is -0.493 e. The van der Waals surface area contributed by atoms with Crippen LogP contribution < -0.4 is 20.5 Å². The van der Waals surface area contributed by atoms with E-state index in [1.807, 2.05) is 42.5 Å². The van der Waals surface area contributed by atoms with Gasteiger partial charge in [-0.05, 0) is 48.0 Å². The molecule has 3 aromatic carbocycles. The van der Waals surface area contributed by atoms with E-state index in [0.29, 0.717) is 52.2 Å². The number of benzene rings is 3. The topological polar surface area (TPSA) is 100 Å². The number of fused-ring (bicyclic) bond motifs is 1. The molecular formula is C26H23FN6O2. The van der Waals surface area contributed by atoms with E-state index in [2.05, 4.69) is 15.4 Å². The fraction of sp³-hybridized carbons (Fsp3) is 0.115. The summed E-state index contributed by atoms with van der Waals surface area (Å²) in [7, 11) is 3.15. The van der Waals surface area contributed by atoms with Crippen LogP contribution in [-0.2, 0) is 6.54 Å². The van der Waals surface area contributed by atoms with Crippen molar-refractivity contribution >= 4 is 22.8 Å². The van der Waals surface area contributed by atoms with Crippen LogP contribution in [0.25, 0.3) is 28.0 Å². The maximum atomic E-state index is 13.5. The van der Waals surface area contributed by atoms with Crippen LogP contribution in [0.15, 0.2) is 72.8 Å². The van der Waals surface area contributed by atoms with E-state index in [9.17, 15) is 4.39 Å². The average Bonchev–Trinajstić information content (AvgIpc) is 3.23. The summed E-state index contributed by atoms with van der Waals surface area (Å²) in [6, 6.07) is 21.4. The quantitative estimate of drug-likeness (QED) is 0.351. The molecule has 0 aliphatic rings. The number of nitrogens with zero attached hydrogens (tertiary/aromatic N) is 4. The molecule has 2 aromatic heterocycles. The molecule has 0 unspecified atom stereocenters. The van der Waals surface area contributed by atoms with Crippen molar-refractivity contribution in [3.63, 3.8) is 0 Å². The van der Waals surface area contributed by atoms with Gasteiger partial charge in [-0.25, -0.2) is 14.1 Å². The molecule has 0 aliphatic carbocycles. The van der Waals surface area contributed by atoms with Crippen LogP contribution >= 0.6 is 0 Å². The summed E-state index contributed by atoms with van der Waals surface area (Å²) < 4.78 is 25.9. The fourth-order valence-electron chi connectivity index (χ4n) is 3.84. The lowest BCUT2D eigenvalue weighted by atomic mass is 10.1. The van der Waals surface area contributed by atoms with Crippen LogP contribution in [0.3, 0.4) is 0 Å². The molecule has 0 saturated heterocycles. The molecule has 0 saturated carbocycles. The van der Waals surface area contributed by atoms with Gasteiger partial charge in [-0.3, -0.25) is 0 Å². The summed E-state index contributed by atoms with van der Waals surface area (Å²) in [5.74, 6) is 1.54. The lowest BCUT2D eigenvalue weighted by Crippen LogP contribution is -2.05. The van der Waals surface area contributed by atoms with Crippen LogP contribution in [0.4, 0.5) is 16.2 Å². The number of rotatable bonds is 7. The summed E-state index contributed by atoms with van der Waals surface area (Å²) in [6.45, 7) is 0.534. The van der Waals surface area contributed by atoms with Gasteiger partial charge in [-0.2, -0.15) is 4.98 Å². The van der Waals surface area contributed by atoms with Crippen molar-refractivity contribution in [1.82, 2.24) is 19.7 Å². The molecule has 5 aromatic rings. The Kier molecular flexibility index (Phi) is 5.88. The number of hydrogen-bond donors (Lipinski definition) is 2. The van der Waals surface area contributed by atoms with Gasteiger partial charge in [0.05, 0.1) is 31.0 Å². The number of aromatic nitrogens is 4. The Morgan fingerprint density at radius 2 is 1.66 bits per heavy atom. The molecule has 0 amide bonds. The first-order chi connectivity index (χ1) is 17.1. The standard InChI is InChI=1S/C26H23FN6O2/c1-34-20-13-8-17(14-21(20)35-2)23-22-24(28)33(19-11-9-18(27)10-12-19)32-25(22)31-26(30-23)29-15-16-6-4-3-5-7-16/h3-14H,15,28H2,1-2H3,(H,29,31,32). The zero-order valence-corrected chi connectivity index (χ0v) is 19.2. The first kappa shape index (κ1) is 22.1. The summed E-state index contributed by atoms with van der Waals surface area (Å²) in [6.07, 6.45) is 0. The van der Waals surface area contributed by atoms with Crippen LogP contribution in [-0.4, -0.2) is 34.0 Å². The van der Waals surface area contributed by atoms with E-state index >= 15 is 0 Å². The highest BCUT2D eigenvalue weighted by Crippen LogP contribution is 2.37. The van der Waals surface area contributed by atoms with E-state index in [1.54, 1.807) is 32.4 Å². The molecule has 0 fully saturated rings. The Labute approximate surface area is 201 Å².